The van der Waals surface area contributed by atoms with E-state index in [-0.39, 0.29) is 5.56 Å². The second-order valence-corrected chi connectivity index (χ2v) is 7.57. The molecule has 6 heteroatoms. The molecule has 0 radical (unpaired) electrons. The van der Waals surface area contributed by atoms with Crippen molar-refractivity contribution in [2.45, 2.75) is 0 Å². The zero-order valence-corrected chi connectivity index (χ0v) is 16.6. The summed E-state index contributed by atoms with van der Waals surface area (Å²) in [6.07, 6.45) is 20.5. The first-order valence-electron chi connectivity index (χ1n) is 10.0. The summed E-state index contributed by atoms with van der Waals surface area (Å²) in [6, 6.07) is 3.40. The molecule has 8 bridgehead atoms. The predicted molar refractivity (Wildman–Crippen MR) is 124 cm³/mol. The Hall–Kier alpha value is -4.32. The van der Waals surface area contributed by atoms with Crippen LogP contribution >= 0.6 is 0 Å². The smallest absolute Gasteiger partial charge is 0.131 e. The van der Waals surface area contributed by atoms with Gasteiger partial charge in [0.2, 0.25) is 0 Å². The number of aliphatic imine (C=N–C) groups is 4. The normalized spacial score (nSPS) is 20.2. The SMILES string of the molecule is Fc1ccc(F)c(C2=CC3=CC4=NC(=CC5=NC(=CC6=NC(=CC2=N3)C=C6)C=C5)C=C4)c1. The van der Waals surface area contributed by atoms with E-state index >= 15 is 0 Å². The van der Waals surface area contributed by atoms with Crippen molar-refractivity contribution < 1.29 is 8.78 Å². The van der Waals surface area contributed by atoms with Crippen molar-refractivity contribution in [2.75, 3.05) is 0 Å². The molecule has 0 unspecified atom stereocenters. The zero-order valence-electron chi connectivity index (χ0n) is 16.6. The Labute approximate surface area is 182 Å². The largest absolute Gasteiger partial charge is 0.249 e. The lowest BCUT2D eigenvalue weighted by atomic mass is 10.00. The standard InChI is InChI=1S/C26H14F2N4/c27-15-1-8-25(28)23(9-15)24-13-22-12-20-5-4-18(30-20)10-16-2-3-17(29-16)11-19-6-7-21(31-19)14-26(24)32-22/h1-14H. The maximum Gasteiger partial charge on any atom is 0.131 e. The van der Waals surface area contributed by atoms with Gasteiger partial charge >= 0.3 is 0 Å². The van der Waals surface area contributed by atoms with Gasteiger partial charge in [-0.1, -0.05) is 0 Å². The van der Waals surface area contributed by atoms with Crippen molar-refractivity contribution in [3.05, 3.63) is 125 Å². The van der Waals surface area contributed by atoms with Crippen LogP contribution in [0.25, 0.3) is 5.57 Å². The lowest BCUT2D eigenvalue weighted by molar-refractivity contribution is 0.597. The maximum atomic E-state index is 14.6. The summed E-state index contributed by atoms with van der Waals surface area (Å²) in [5.41, 5.74) is 6.25. The van der Waals surface area contributed by atoms with Crippen molar-refractivity contribution in [3.8, 4) is 0 Å². The van der Waals surface area contributed by atoms with Gasteiger partial charge in [-0.15, -0.1) is 0 Å². The number of hydrogen-bond acceptors (Lipinski definition) is 4. The average molecular weight is 420 g/mol. The number of fused-ring (bicyclic) bond motifs is 4. The number of benzene rings is 1. The molecule has 5 aliphatic rings. The quantitative estimate of drug-likeness (QED) is 0.586. The van der Waals surface area contributed by atoms with E-state index in [1.54, 1.807) is 12.2 Å². The molecule has 0 N–H and O–H groups in total. The van der Waals surface area contributed by atoms with Crippen molar-refractivity contribution in [1.82, 2.24) is 0 Å². The van der Waals surface area contributed by atoms with E-state index in [4.69, 9.17) is 0 Å². The minimum atomic E-state index is -0.517. The molecule has 6 rings (SSSR count). The number of nitrogens with zero attached hydrogens (tertiary/aromatic N) is 4. The van der Waals surface area contributed by atoms with Gasteiger partial charge in [0, 0.05) is 11.1 Å². The molecule has 4 nitrogen and oxygen atoms in total. The number of rotatable bonds is 1. The van der Waals surface area contributed by atoms with Crippen LogP contribution in [0.4, 0.5) is 8.78 Å². The molecule has 0 amide bonds. The van der Waals surface area contributed by atoms with Gasteiger partial charge in [-0.25, -0.2) is 28.8 Å². The summed E-state index contributed by atoms with van der Waals surface area (Å²) in [5, 5.41) is 0. The fraction of sp³-hybridized carbons (Fsp3) is 0. The second kappa shape index (κ2) is 7.13. The van der Waals surface area contributed by atoms with Crippen LogP contribution in [0.2, 0.25) is 0 Å². The average Bonchev–Trinajstić information content (AvgIpc) is 3.55. The third-order valence-corrected chi connectivity index (χ3v) is 5.26. The van der Waals surface area contributed by atoms with E-state index in [0.29, 0.717) is 28.4 Å². The van der Waals surface area contributed by atoms with Gasteiger partial charge in [0.15, 0.2) is 0 Å². The first-order chi connectivity index (χ1) is 15.6. The molecule has 5 heterocycles. The van der Waals surface area contributed by atoms with Crippen LogP contribution in [0.5, 0.6) is 0 Å². The highest BCUT2D eigenvalue weighted by molar-refractivity contribution is 6.32. The van der Waals surface area contributed by atoms with Crippen LogP contribution in [0.1, 0.15) is 5.56 Å². The maximum absolute atomic E-state index is 14.6. The van der Waals surface area contributed by atoms with Crippen LogP contribution < -0.4 is 0 Å². The molecule has 0 spiro atoms. The Morgan fingerprint density at radius 1 is 0.531 bits per heavy atom. The molecule has 0 saturated heterocycles. The predicted octanol–water partition coefficient (Wildman–Crippen LogP) is 5.38. The Morgan fingerprint density at radius 3 is 1.72 bits per heavy atom. The van der Waals surface area contributed by atoms with Crippen LogP contribution in [0.15, 0.2) is 128 Å². The molecule has 1 aromatic rings. The Morgan fingerprint density at radius 2 is 1.09 bits per heavy atom. The highest BCUT2D eigenvalue weighted by atomic mass is 19.1. The number of halogens is 2. The summed E-state index contributed by atoms with van der Waals surface area (Å²) in [7, 11) is 0. The van der Waals surface area contributed by atoms with Gasteiger partial charge in [-0.05, 0) is 85.0 Å². The zero-order chi connectivity index (χ0) is 21.7. The summed E-state index contributed by atoms with van der Waals surface area (Å²) in [5.74, 6) is -1.03. The van der Waals surface area contributed by atoms with Crippen molar-refractivity contribution in [2.24, 2.45) is 20.0 Å². The fourth-order valence-electron chi connectivity index (χ4n) is 3.82. The van der Waals surface area contributed by atoms with Crippen LogP contribution in [-0.4, -0.2) is 22.8 Å². The molecule has 32 heavy (non-hydrogen) atoms. The summed E-state index contributed by atoms with van der Waals surface area (Å²) in [6.45, 7) is 0. The van der Waals surface area contributed by atoms with E-state index in [1.807, 2.05) is 54.7 Å². The van der Waals surface area contributed by atoms with Gasteiger partial charge in [-0.2, -0.15) is 0 Å². The highest BCUT2D eigenvalue weighted by Crippen LogP contribution is 2.30. The molecule has 0 saturated carbocycles. The molecule has 0 atom stereocenters. The van der Waals surface area contributed by atoms with E-state index < -0.39 is 11.6 Å². The third-order valence-electron chi connectivity index (χ3n) is 5.26. The van der Waals surface area contributed by atoms with Crippen molar-refractivity contribution >= 4 is 28.4 Å². The monoisotopic (exact) mass is 420 g/mol. The molecule has 0 aliphatic carbocycles. The molecular weight excluding hydrogens is 406 g/mol. The molecule has 0 aromatic heterocycles. The van der Waals surface area contributed by atoms with E-state index in [0.717, 1.165) is 35.0 Å². The van der Waals surface area contributed by atoms with E-state index in [1.165, 1.54) is 6.07 Å². The summed E-state index contributed by atoms with van der Waals surface area (Å²) >= 11 is 0. The number of allylic oxidation sites excluding steroid dienone is 12. The van der Waals surface area contributed by atoms with E-state index in [2.05, 4.69) is 20.0 Å². The van der Waals surface area contributed by atoms with Crippen molar-refractivity contribution in [1.29, 1.82) is 0 Å². The lowest BCUT2D eigenvalue weighted by Gasteiger charge is -2.05. The Balaban J connectivity index is 1.52. The summed E-state index contributed by atoms with van der Waals surface area (Å²) in [4.78, 5) is 18.4. The molecule has 152 valence electrons. The van der Waals surface area contributed by atoms with Crippen LogP contribution in [0.3, 0.4) is 0 Å². The van der Waals surface area contributed by atoms with Gasteiger partial charge in [0.25, 0.3) is 0 Å². The van der Waals surface area contributed by atoms with Gasteiger partial charge in [0.05, 0.1) is 45.6 Å². The fourth-order valence-corrected chi connectivity index (χ4v) is 3.82. The minimum Gasteiger partial charge on any atom is -0.249 e. The first-order valence-corrected chi connectivity index (χ1v) is 10.0. The Bertz CT molecular complexity index is 1460. The first kappa shape index (κ1) is 18.4. The third kappa shape index (κ3) is 3.41. The summed E-state index contributed by atoms with van der Waals surface area (Å²) < 4.78 is 28.5. The van der Waals surface area contributed by atoms with Crippen LogP contribution in [0, 0.1) is 11.6 Å². The molecular formula is C26H14F2N4. The Kier molecular flexibility index (Phi) is 4.11. The van der Waals surface area contributed by atoms with Crippen LogP contribution in [-0.2, 0) is 0 Å². The van der Waals surface area contributed by atoms with Crippen molar-refractivity contribution in [3.63, 3.8) is 0 Å². The molecule has 1 aromatic carbocycles. The lowest BCUT2D eigenvalue weighted by Crippen LogP contribution is -1.99. The van der Waals surface area contributed by atoms with E-state index in [9.17, 15) is 8.78 Å². The van der Waals surface area contributed by atoms with Gasteiger partial charge < -0.3 is 0 Å². The highest BCUT2D eigenvalue weighted by Gasteiger charge is 2.21. The molecule has 5 aliphatic heterocycles. The van der Waals surface area contributed by atoms with Gasteiger partial charge in [-0.3, -0.25) is 0 Å². The minimum absolute atomic E-state index is 0.150. The van der Waals surface area contributed by atoms with Gasteiger partial charge in [0.1, 0.15) is 11.6 Å². The number of hydrogen-bond donors (Lipinski definition) is 0. The second-order valence-electron chi connectivity index (χ2n) is 7.57. The topological polar surface area (TPSA) is 49.4 Å². The molecule has 0 fully saturated rings.